The molecule has 18 heavy (non-hydrogen) atoms. The number of likely N-dealkylation sites (N-methyl/N-ethyl adjacent to an activating group) is 1. The minimum atomic E-state index is -0.575. The molecule has 5 nitrogen and oxygen atoms in total. The van der Waals surface area contributed by atoms with E-state index in [0.29, 0.717) is 6.54 Å². The molecule has 0 saturated carbocycles. The molecule has 0 bridgehead atoms. The van der Waals surface area contributed by atoms with Gasteiger partial charge in [0.2, 0.25) is 5.91 Å². The van der Waals surface area contributed by atoms with Crippen LogP contribution in [0.2, 0.25) is 0 Å². The van der Waals surface area contributed by atoms with E-state index in [1.165, 1.54) is 7.11 Å². The third-order valence-electron chi connectivity index (χ3n) is 4.05. The van der Waals surface area contributed by atoms with Crippen molar-refractivity contribution >= 4 is 11.9 Å². The molecule has 1 saturated heterocycles. The van der Waals surface area contributed by atoms with Gasteiger partial charge in [0.05, 0.1) is 18.6 Å². The molecule has 0 aromatic rings. The van der Waals surface area contributed by atoms with E-state index in [1.54, 1.807) is 4.90 Å². The van der Waals surface area contributed by atoms with Crippen LogP contribution in [0.4, 0.5) is 0 Å². The summed E-state index contributed by atoms with van der Waals surface area (Å²) in [5.74, 6) is -0.382. The number of amides is 1. The van der Waals surface area contributed by atoms with Crippen molar-refractivity contribution in [3.05, 3.63) is 0 Å². The molecular formula is C13H24N2O3. The average Bonchev–Trinajstić information content (AvgIpc) is 2.33. The van der Waals surface area contributed by atoms with E-state index < -0.39 is 5.54 Å². The Morgan fingerprint density at radius 1 is 1.33 bits per heavy atom. The fourth-order valence-electron chi connectivity index (χ4n) is 2.59. The van der Waals surface area contributed by atoms with Crippen LogP contribution in [0.5, 0.6) is 0 Å². The highest BCUT2D eigenvalue weighted by molar-refractivity contribution is 5.86. The molecule has 104 valence electrons. The number of piperazine rings is 1. The highest BCUT2D eigenvalue weighted by Crippen LogP contribution is 2.27. The van der Waals surface area contributed by atoms with Crippen LogP contribution >= 0.6 is 0 Å². The van der Waals surface area contributed by atoms with Crippen molar-refractivity contribution in [2.45, 2.75) is 39.3 Å². The first-order chi connectivity index (χ1) is 8.23. The van der Waals surface area contributed by atoms with Gasteiger partial charge in [-0.3, -0.25) is 14.5 Å². The smallest absolute Gasteiger partial charge is 0.309 e. The van der Waals surface area contributed by atoms with Crippen molar-refractivity contribution in [1.82, 2.24) is 9.80 Å². The summed E-state index contributed by atoms with van der Waals surface area (Å²) < 4.78 is 4.78. The Morgan fingerprint density at radius 3 is 2.39 bits per heavy atom. The van der Waals surface area contributed by atoms with Crippen LogP contribution in [-0.4, -0.2) is 60.5 Å². The zero-order chi connectivity index (χ0) is 14.1. The van der Waals surface area contributed by atoms with E-state index in [9.17, 15) is 9.59 Å². The molecule has 1 aliphatic rings. The maximum Gasteiger partial charge on any atom is 0.309 e. The number of hydrogen-bond donors (Lipinski definition) is 0. The Kier molecular flexibility index (Phi) is 4.37. The number of carbonyl (C=O) groups excluding carboxylic acids is 2. The molecule has 0 N–H and O–H groups in total. The Hall–Kier alpha value is -1.10. The van der Waals surface area contributed by atoms with Crippen molar-refractivity contribution in [3.8, 4) is 0 Å². The summed E-state index contributed by atoms with van der Waals surface area (Å²) in [6.45, 7) is 9.10. The third-order valence-corrected chi connectivity index (χ3v) is 4.05. The van der Waals surface area contributed by atoms with E-state index >= 15 is 0 Å². The van der Waals surface area contributed by atoms with Gasteiger partial charge in [-0.25, -0.2) is 0 Å². The van der Waals surface area contributed by atoms with Crippen molar-refractivity contribution < 1.29 is 14.3 Å². The number of ether oxygens (including phenoxy) is 1. The summed E-state index contributed by atoms with van der Waals surface area (Å²) in [6.07, 6.45) is 0. The van der Waals surface area contributed by atoms with Gasteiger partial charge in [-0.2, -0.15) is 0 Å². The van der Waals surface area contributed by atoms with Crippen LogP contribution in [-0.2, 0) is 14.3 Å². The number of hydrogen-bond acceptors (Lipinski definition) is 4. The molecule has 1 amide bonds. The Balaban J connectivity index is 2.89. The van der Waals surface area contributed by atoms with Gasteiger partial charge in [0, 0.05) is 26.2 Å². The quantitative estimate of drug-likeness (QED) is 0.699. The first kappa shape index (κ1) is 15.0. The molecule has 2 atom stereocenters. The van der Waals surface area contributed by atoms with Gasteiger partial charge in [0.15, 0.2) is 0 Å². The van der Waals surface area contributed by atoms with Gasteiger partial charge >= 0.3 is 5.97 Å². The highest BCUT2D eigenvalue weighted by atomic mass is 16.5. The van der Waals surface area contributed by atoms with Gasteiger partial charge in [0.25, 0.3) is 0 Å². The minimum Gasteiger partial charge on any atom is -0.469 e. The lowest BCUT2D eigenvalue weighted by atomic mass is 9.91. The molecule has 0 aliphatic carbocycles. The van der Waals surface area contributed by atoms with Crippen molar-refractivity contribution in [1.29, 1.82) is 0 Å². The van der Waals surface area contributed by atoms with Crippen LogP contribution in [0, 0.1) is 5.92 Å². The molecule has 1 fully saturated rings. The maximum absolute atomic E-state index is 12.2. The van der Waals surface area contributed by atoms with Crippen molar-refractivity contribution in [2.75, 3.05) is 27.2 Å². The fourth-order valence-corrected chi connectivity index (χ4v) is 2.59. The molecule has 1 aliphatic heterocycles. The monoisotopic (exact) mass is 256 g/mol. The van der Waals surface area contributed by atoms with Gasteiger partial charge < -0.3 is 9.64 Å². The first-order valence-electron chi connectivity index (χ1n) is 6.33. The van der Waals surface area contributed by atoms with Gasteiger partial charge in [-0.05, 0) is 20.8 Å². The fraction of sp³-hybridized carbons (Fsp3) is 0.846. The molecule has 5 heteroatoms. The number of esters is 1. The SMILES string of the molecule is COC(=O)C(C)C(C)N1CCN(C)C(=O)C1(C)C. The Labute approximate surface area is 109 Å². The lowest BCUT2D eigenvalue weighted by Gasteiger charge is -2.48. The standard InChI is InChI=1S/C13H24N2O3/c1-9(11(16)18-6)10(2)15-8-7-14(5)12(17)13(15,3)4/h9-10H,7-8H2,1-6H3. The zero-order valence-corrected chi connectivity index (χ0v) is 12.2. The largest absolute Gasteiger partial charge is 0.469 e. The summed E-state index contributed by atoms with van der Waals surface area (Å²) in [6, 6.07) is -0.0231. The van der Waals surface area contributed by atoms with Gasteiger partial charge in [-0.1, -0.05) is 6.92 Å². The maximum atomic E-state index is 12.2. The third kappa shape index (κ3) is 2.51. The topological polar surface area (TPSA) is 49.9 Å². The average molecular weight is 256 g/mol. The minimum absolute atomic E-state index is 0.0231. The number of nitrogens with zero attached hydrogens (tertiary/aromatic N) is 2. The predicted octanol–water partition coefficient (Wildman–Crippen LogP) is 0.737. The normalized spacial score (nSPS) is 23.7. The second kappa shape index (κ2) is 5.26. The lowest BCUT2D eigenvalue weighted by molar-refractivity contribution is -0.156. The molecular weight excluding hydrogens is 232 g/mol. The van der Waals surface area contributed by atoms with Crippen molar-refractivity contribution in [2.24, 2.45) is 5.92 Å². The summed E-state index contributed by atoms with van der Waals surface area (Å²) >= 11 is 0. The lowest BCUT2D eigenvalue weighted by Crippen LogP contribution is -2.65. The molecule has 0 spiro atoms. The van der Waals surface area contributed by atoms with E-state index in [1.807, 2.05) is 34.7 Å². The second-order valence-corrected chi connectivity index (χ2v) is 5.53. The highest BCUT2D eigenvalue weighted by Gasteiger charge is 2.44. The number of rotatable bonds is 3. The van der Waals surface area contributed by atoms with E-state index in [2.05, 4.69) is 4.90 Å². The predicted molar refractivity (Wildman–Crippen MR) is 69.1 cm³/mol. The summed E-state index contributed by atoms with van der Waals surface area (Å²) in [5, 5.41) is 0. The van der Waals surface area contributed by atoms with E-state index in [0.717, 1.165) is 6.54 Å². The van der Waals surface area contributed by atoms with E-state index in [-0.39, 0.29) is 23.8 Å². The number of methoxy groups -OCH3 is 1. The second-order valence-electron chi connectivity index (χ2n) is 5.53. The van der Waals surface area contributed by atoms with E-state index in [4.69, 9.17) is 4.74 Å². The molecule has 0 aromatic carbocycles. The zero-order valence-electron chi connectivity index (χ0n) is 12.2. The molecule has 1 heterocycles. The molecule has 0 radical (unpaired) electrons. The molecule has 2 unspecified atom stereocenters. The summed E-state index contributed by atoms with van der Waals surface area (Å²) in [4.78, 5) is 27.6. The summed E-state index contributed by atoms with van der Waals surface area (Å²) in [5.41, 5.74) is -0.575. The van der Waals surface area contributed by atoms with Crippen LogP contribution in [0.15, 0.2) is 0 Å². The van der Waals surface area contributed by atoms with Crippen LogP contribution in [0.3, 0.4) is 0 Å². The van der Waals surface area contributed by atoms with Crippen LogP contribution in [0.25, 0.3) is 0 Å². The Morgan fingerprint density at radius 2 is 1.89 bits per heavy atom. The van der Waals surface area contributed by atoms with Gasteiger partial charge in [-0.15, -0.1) is 0 Å². The molecule has 0 aromatic heterocycles. The molecule has 1 rings (SSSR count). The van der Waals surface area contributed by atoms with Crippen LogP contribution in [0.1, 0.15) is 27.7 Å². The van der Waals surface area contributed by atoms with Crippen molar-refractivity contribution in [3.63, 3.8) is 0 Å². The first-order valence-corrected chi connectivity index (χ1v) is 6.33. The number of carbonyl (C=O) groups is 2. The van der Waals surface area contributed by atoms with Crippen LogP contribution < -0.4 is 0 Å². The Bertz CT molecular complexity index is 341. The summed E-state index contributed by atoms with van der Waals surface area (Å²) in [7, 11) is 3.21. The van der Waals surface area contributed by atoms with Gasteiger partial charge in [0.1, 0.15) is 0 Å².